The fourth-order valence-electron chi connectivity index (χ4n) is 2.38. The molecule has 0 aliphatic heterocycles. The molecule has 1 aliphatic carbocycles. The van der Waals surface area contributed by atoms with E-state index in [-0.39, 0.29) is 17.5 Å². The van der Waals surface area contributed by atoms with Crippen LogP contribution in [0.25, 0.3) is 0 Å². The Morgan fingerprint density at radius 1 is 1.25 bits per heavy atom. The minimum absolute atomic E-state index is 0.0259. The number of carbonyl (C=O) groups excluding carboxylic acids is 2. The predicted molar refractivity (Wildman–Crippen MR) is 74.7 cm³/mol. The maximum absolute atomic E-state index is 13.7. The molecule has 4 N–H and O–H groups in total. The Labute approximate surface area is 116 Å². The van der Waals surface area contributed by atoms with Crippen molar-refractivity contribution in [2.45, 2.75) is 38.1 Å². The van der Waals surface area contributed by atoms with Crippen LogP contribution < -0.4 is 16.4 Å². The van der Waals surface area contributed by atoms with Crippen LogP contribution >= 0.6 is 0 Å². The van der Waals surface area contributed by atoms with E-state index in [4.69, 9.17) is 5.73 Å². The van der Waals surface area contributed by atoms with Gasteiger partial charge in [-0.05, 0) is 31.0 Å². The summed E-state index contributed by atoms with van der Waals surface area (Å²) in [6.07, 6.45) is 3.01. The Morgan fingerprint density at radius 2 is 1.90 bits per heavy atom. The van der Waals surface area contributed by atoms with Crippen LogP contribution in [0.5, 0.6) is 0 Å². The van der Waals surface area contributed by atoms with Gasteiger partial charge in [0.05, 0.1) is 11.2 Å². The Hall–Kier alpha value is -1.95. The third-order valence-electron chi connectivity index (χ3n) is 3.48. The van der Waals surface area contributed by atoms with Crippen molar-refractivity contribution in [1.29, 1.82) is 0 Å². The molecule has 5 nitrogen and oxygen atoms in total. The van der Waals surface area contributed by atoms with Gasteiger partial charge >= 0.3 is 0 Å². The summed E-state index contributed by atoms with van der Waals surface area (Å²) in [4.78, 5) is 23.1. The SMILES string of the molecule is CC(=O)Nc1ccc(F)c(NC(=O)C2(N)CCCC2)c1. The molecule has 0 saturated heterocycles. The van der Waals surface area contributed by atoms with E-state index in [1.165, 1.54) is 25.1 Å². The molecular formula is C14H18FN3O2. The first-order valence-corrected chi connectivity index (χ1v) is 6.58. The molecular weight excluding hydrogens is 261 g/mol. The molecule has 0 bridgehead atoms. The van der Waals surface area contributed by atoms with Crippen molar-refractivity contribution in [3.8, 4) is 0 Å². The van der Waals surface area contributed by atoms with Crippen LogP contribution in [0.2, 0.25) is 0 Å². The molecule has 2 amide bonds. The molecule has 0 heterocycles. The summed E-state index contributed by atoms with van der Waals surface area (Å²) in [6, 6.07) is 4.01. The highest BCUT2D eigenvalue weighted by atomic mass is 19.1. The second-order valence-corrected chi connectivity index (χ2v) is 5.19. The molecule has 0 radical (unpaired) electrons. The quantitative estimate of drug-likeness (QED) is 0.791. The van der Waals surface area contributed by atoms with E-state index in [0.29, 0.717) is 18.5 Å². The minimum atomic E-state index is -0.920. The average molecular weight is 279 g/mol. The topological polar surface area (TPSA) is 84.2 Å². The minimum Gasteiger partial charge on any atom is -0.326 e. The number of benzene rings is 1. The number of anilines is 2. The molecule has 6 heteroatoms. The molecule has 1 fully saturated rings. The van der Waals surface area contributed by atoms with Gasteiger partial charge in [0.25, 0.3) is 0 Å². The molecule has 2 rings (SSSR count). The van der Waals surface area contributed by atoms with Gasteiger partial charge in [-0.3, -0.25) is 9.59 Å². The number of hydrogen-bond donors (Lipinski definition) is 3. The van der Waals surface area contributed by atoms with E-state index in [9.17, 15) is 14.0 Å². The van der Waals surface area contributed by atoms with E-state index >= 15 is 0 Å². The highest BCUT2D eigenvalue weighted by molar-refractivity contribution is 5.99. The number of rotatable bonds is 3. The third-order valence-corrected chi connectivity index (χ3v) is 3.48. The number of nitrogens with two attached hydrogens (primary N) is 1. The zero-order valence-electron chi connectivity index (χ0n) is 11.3. The zero-order chi connectivity index (χ0) is 14.8. The summed E-state index contributed by atoms with van der Waals surface area (Å²) in [5, 5.41) is 5.05. The predicted octanol–water partition coefficient (Wildman–Crippen LogP) is 1.99. The van der Waals surface area contributed by atoms with Crippen molar-refractivity contribution >= 4 is 23.2 Å². The fraction of sp³-hybridized carbons (Fsp3) is 0.429. The summed E-state index contributed by atoms with van der Waals surface area (Å²) < 4.78 is 13.7. The first-order chi connectivity index (χ1) is 9.40. The van der Waals surface area contributed by atoms with Crippen LogP contribution in [0, 0.1) is 5.82 Å². The Bertz CT molecular complexity index is 539. The van der Waals surface area contributed by atoms with Gasteiger partial charge in [0.2, 0.25) is 11.8 Å². The largest absolute Gasteiger partial charge is 0.326 e. The van der Waals surface area contributed by atoms with Gasteiger partial charge in [0, 0.05) is 12.6 Å². The maximum Gasteiger partial charge on any atom is 0.244 e. The summed E-state index contributed by atoms with van der Waals surface area (Å²) in [6.45, 7) is 1.36. The molecule has 108 valence electrons. The average Bonchev–Trinajstić information content (AvgIpc) is 2.81. The van der Waals surface area contributed by atoms with Crippen LogP contribution in [0.15, 0.2) is 18.2 Å². The van der Waals surface area contributed by atoms with E-state index in [1.54, 1.807) is 0 Å². The Kier molecular flexibility index (Phi) is 4.04. The van der Waals surface area contributed by atoms with Crippen molar-refractivity contribution in [3.63, 3.8) is 0 Å². The smallest absolute Gasteiger partial charge is 0.244 e. The van der Waals surface area contributed by atoms with Crippen LogP contribution in [-0.2, 0) is 9.59 Å². The first-order valence-electron chi connectivity index (χ1n) is 6.58. The molecule has 1 aliphatic rings. The van der Waals surface area contributed by atoms with Gasteiger partial charge in [-0.25, -0.2) is 4.39 Å². The number of hydrogen-bond acceptors (Lipinski definition) is 3. The Balaban J connectivity index is 2.15. The highest BCUT2D eigenvalue weighted by Crippen LogP contribution is 2.29. The van der Waals surface area contributed by atoms with Crippen molar-refractivity contribution < 1.29 is 14.0 Å². The summed E-state index contributed by atoms with van der Waals surface area (Å²) in [5.41, 5.74) is 5.54. The lowest BCUT2D eigenvalue weighted by Gasteiger charge is -2.22. The van der Waals surface area contributed by atoms with Gasteiger partial charge < -0.3 is 16.4 Å². The van der Waals surface area contributed by atoms with Crippen LogP contribution in [0.3, 0.4) is 0 Å². The van der Waals surface area contributed by atoms with E-state index in [1.807, 2.05) is 0 Å². The van der Waals surface area contributed by atoms with Gasteiger partial charge in [-0.15, -0.1) is 0 Å². The maximum atomic E-state index is 13.7. The molecule has 1 aromatic carbocycles. The first kappa shape index (κ1) is 14.5. The van der Waals surface area contributed by atoms with Gasteiger partial charge in [-0.2, -0.15) is 0 Å². The van der Waals surface area contributed by atoms with Gasteiger partial charge in [0.15, 0.2) is 0 Å². The number of amides is 2. The number of halogens is 1. The molecule has 1 saturated carbocycles. The van der Waals surface area contributed by atoms with Crippen LogP contribution in [-0.4, -0.2) is 17.4 Å². The van der Waals surface area contributed by atoms with E-state index in [0.717, 1.165) is 12.8 Å². The lowest BCUT2D eigenvalue weighted by atomic mass is 9.98. The van der Waals surface area contributed by atoms with Crippen molar-refractivity contribution in [2.75, 3.05) is 10.6 Å². The van der Waals surface area contributed by atoms with Crippen molar-refractivity contribution in [1.82, 2.24) is 0 Å². The summed E-state index contributed by atoms with van der Waals surface area (Å²) >= 11 is 0. The zero-order valence-corrected chi connectivity index (χ0v) is 11.3. The van der Waals surface area contributed by atoms with E-state index < -0.39 is 11.4 Å². The third kappa shape index (κ3) is 3.14. The van der Waals surface area contributed by atoms with Gasteiger partial charge in [0.1, 0.15) is 5.82 Å². The second-order valence-electron chi connectivity index (χ2n) is 5.19. The van der Waals surface area contributed by atoms with Crippen LogP contribution in [0.1, 0.15) is 32.6 Å². The highest BCUT2D eigenvalue weighted by Gasteiger charge is 2.37. The fourth-order valence-corrected chi connectivity index (χ4v) is 2.38. The summed E-state index contributed by atoms with van der Waals surface area (Å²) in [5.74, 6) is -1.21. The molecule has 0 spiro atoms. The number of nitrogens with one attached hydrogen (secondary N) is 2. The Morgan fingerprint density at radius 3 is 2.50 bits per heavy atom. The normalized spacial score (nSPS) is 16.8. The monoisotopic (exact) mass is 279 g/mol. The van der Waals surface area contributed by atoms with E-state index in [2.05, 4.69) is 10.6 Å². The van der Waals surface area contributed by atoms with Crippen molar-refractivity contribution in [2.24, 2.45) is 5.73 Å². The summed E-state index contributed by atoms with van der Waals surface area (Å²) in [7, 11) is 0. The lowest BCUT2D eigenvalue weighted by Crippen LogP contribution is -2.48. The second kappa shape index (κ2) is 5.58. The van der Waals surface area contributed by atoms with Gasteiger partial charge in [-0.1, -0.05) is 12.8 Å². The molecule has 1 aromatic rings. The standard InChI is InChI=1S/C14H18FN3O2/c1-9(19)17-10-4-5-11(15)12(8-10)18-13(20)14(16)6-2-3-7-14/h4-5,8H,2-3,6-7,16H2,1H3,(H,17,19)(H,18,20). The molecule has 20 heavy (non-hydrogen) atoms. The number of carbonyl (C=O) groups is 2. The molecule has 0 unspecified atom stereocenters. The molecule has 0 atom stereocenters. The molecule has 0 aromatic heterocycles. The van der Waals surface area contributed by atoms with Crippen molar-refractivity contribution in [3.05, 3.63) is 24.0 Å². The lowest BCUT2D eigenvalue weighted by molar-refractivity contribution is -0.121. The van der Waals surface area contributed by atoms with Crippen LogP contribution in [0.4, 0.5) is 15.8 Å².